The highest BCUT2D eigenvalue weighted by Crippen LogP contribution is 2.63. The predicted octanol–water partition coefficient (Wildman–Crippen LogP) is 2.36. The molecule has 5 heteroatoms. The molecule has 2 aliphatic carbocycles. The summed E-state index contributed by atoms with van der Waals surface area (Å²) in [4.78, 5) is 2.79. The predicted molar refractivity (Wildman–Crippen MR) is 61.2 cm³/mol. The van der Waals surface area contributed by atoms with Gasteiger partial charge < -0.3 is 10.5 Å². The maximum atomic E-state index is 10.1. The van der Waals surface area contributed by atoms with E-state index in [1.54, 1.807) is 0 Å². The number of rotatable bonds is 6. The quantitative estimate of drug-likeness (QED) is 0.307. The third-order valence-electron chi connectivity index (χ3n) is 4.00. The maximum Gasteiger partial charge on any atom is 0.0683 e. The molecule has 2 saturated carbocycles. The lowest BCUT2D eigenvalue weighted by Crippen LogP contribution is -2.13. The van der Waals surface area contributed by atoms with Crippen molar-refractivity contribution in [2.45, 2.75) is 31.8 Å². The molecule has 0 aromatic heterocycles. The van der Waals surface area contributed by atoms with Crippen LogP contribution in [-0.2, 0) is 0 Å². The zero-order chi connectivity index (χ0) is 11.8. The lowest BCUT2D eigenvalue weighted by molar-refractivity contribution is 0.114. The van der Waals surface area contributed by atoms with Crippen molar-refractivity contribution in [3.05, 3.63) is 10.4 Å². The van der Waals surface area contributed by atoms with E-state index in [0.29, 0.717) is 24.3 Å². The molecule has 0 aliphatic heterocycles. The lowest BCUT2D eigenvalue weighted by atomic mass is 10.0. The summed E-state index contributed by atoms with van der Waals surface area (Å²) < 4.78 is 0. The Labute approximate surface area is 95.0 Å². The highest BCUT2D eigenvalue weighted by atomic mass is 16.3. The van der Waals surface area contributed by atoms with Gasteiger partial charge in [0.25, 0.3) is 0 Å². The fourth-order valence-electron chi connectivity index (χ4n) is 2.90. The van der Waals surface area contributed by atoms with Crippen LogP contribution in [0.25, 0.3) is 10.4 Å². The average molecular weight is 222 g/mol. The van der Waals surface area contributed by atoms with Gasteiger partial charge in [0.1, 0.15) is 0 Å². The number of nitrogens with zero attached hydrogens (tertiary/aromatic N) is 3. The van der Waals surface area contributed by atoms with Gasteiger partial charge in [-0.2, -0.15) is 0 Å². The zero-order valence-corrected chi connectivity index (χ0v) is 9.50. The van der Waals surface area contributed by atoms with Gasteiger partial charge >= 0.3 is 0 Å². The van der Waals surface area contributed by atoms with E-state index in [2.05, 4.69) is 10.0 Å². The summed E-state index contributed by atoms with van der Waals surface area (Å²) in [7, 11) is 0. The Morgan fingerprint density at radius 2 is 2.31 bits per heavy atom. The van der Waals surface area contributed by atoms with Gasteiger partial charge in [-0.25, -0.2) is 0 Å². The first-order chi connectivity index (χ1) is 7.62. The first-order valence-electron chi connectivity index (χ1n) is 5.86. The lowest BCUT2D eigenvalue weighted by Gasteiger charge is -2.07. The normalized spacial score (nSPS) is 36.0. The van der Waals surface area contributed by atoms with Crippen molar-refractivity contribution < 1.29 is 5.11 Å². The molecule has 0 heterocycles. The Hall–Kier alpha value is -1.06. The van der Waals surface area contributed by atoms with Gasteiger partial charge in [-0.05, 0) is 54.7 Å². The zero-order valence-electron chi connectivity index (χ0n) is 9.50. The van der Waals surface area contributed by atoms with Crippen molar-refractivity contribution in [3.63, 3.8) is 0 Å². The fourth-order valence-corrected chi connectivity index (χ4v) is 2.90. The van der Waals surface area contributed by atoms with E-state index in [0.717, 1.165) is 19.3 Å². The van der Waals surface area contributed by atoms with Crippen LogP contribution in [0.3, 0.4) is 0 Å². The molecule has 5 nitrogen and oxygen atoms in total. The molecule has 2 rings (SSSR count). The largest absolute Gasteiger partial charge is 0.390 e. The minimum absolute atomic E-state index is 0.255. The molecule has 0 bridgehead atoms. The molecule has 2 fully saturated rings. The number of hydrogen-bond donors (Lipinski definition) is 2. The van der Waals surface area contributed by atoms with Crippen LogP contribution in [0.4, 0.5) is 0 Å². The summed E-state index contributed by atoms with van der Waals surface area (Å²) in [6.07, 6.45) is 4.17. The minimum Gasteiger partial charge on any atom is -0.390 e. The molecule has 0 aromatic rings. The molecular formula is C11H18N4O. The van der Waals surface area contributed by atoms with Crippen LogP contribution in [0.15, 0.2) is 5.11 Å². The second-order valence-electron chi connectivity index (χ2n) is 5.25. The van der Waals surface area contributed by atoms with E-state index in [4.69, 9.17) is 10.9 Å². The molecule has 4 unspecified atom stereocenters. The van der Waals surface area contributed by atoms with Crippen LogP contribution in [0.2, 0.25) is 0 Å². The van der Waals surface area contributed by atoms with E-state index < -0.39 is 5.60 Å². The summed E-state index contributed by atoms with van der Waals surface area (Å²) in [6.45, 7) is 2.52. The standard InChI is InChI=1S/C11H18N4O/c1-7(5-12)4-8-9(6-14-15-13)10(8)11(16)2-3-11/h5,7-10,12,16H,2-4,6H2,1H3. The van der Waals surface area contributed by atoms with Gasteiger partial charge in [-0.3, -0.25) is 0 Å². The summed E-state index contributed by atoms with van der Waals surface area (Å²) in [6, 6.07) is 0. The molecule has 0 amide bonds. The first-order valence-corrected chi connectivity index (χ1v) is 5.86. The van der Waals surface area contributed by atoms with Gasteiger partial charge in [0, 0.05) is 11.5 Å². The highest BCUT2D eigenvalue weighted by molar-refractivity contribution is 5.56. The molecular weight excluding hydrogens is 204 g/mol. The molecule has 4 atom stereocenters. The number of hydrogen-bond acceptors (Lipinski definition) is 3. The van der Waals surface area contributed by atoms with Crippen LogP contribution < -0.4 is 0 Å². The van der Waals surface area contributed by atoms with Crippen LogP contribution in [0, 0.1) is 29.1 Å². The van der Waals surface area contributed by atoms with E-state index in [1.165, 1.54) is 6.21 Å². The van der Waals surface area contributed by atoms with Crippen molar-refractivity contribution in [2.24, 2.45) is 28.8 Å². The maximum absolute atomic E-state index is 10.1. The van der Waals surface area contributed by atoms with E-state index in [1.807, 2.05) is 6.92 Å². The molecule has 0 radical (unpaired) electrons. The van der Waals surface area contributed by atoms with Gasteiger partial charge in [0.05, 0.1) is 5.60 Å². The second kappa shape index (κ2) is 4.07. The first kappa shape index (κ1) is 11.4. The van der Waals surface area contributed by atoms with E-state index in [9.17, 15) is 5.11 Å². The van der Waals surface area contributed by atoms with Crippen molar-refractivity contribution in [2.75, 3.05) is 6.54 Å². The highest BCUT2D eigenvalue weighted by Gasteiger charge is 2.64. The molecule has 2 aliphatic rings. The SMILES string of the molecule is CC(C=N)CC1C(CN=[N+]=[N-])C1C1(O)CC1. The number of azide groups is 1. The molecule has 0 saturated heterocycles. The summed E-state index contributed by atoms with van der Waals surface area (Å²) in [5.74, 6) is 1.34. The summed E-state index contributed by atoms with van der Waals surface area (Å²) in [5.41, 5.74) is 7.85. The Bertz CT molecular complexity index is 333. The molecule has 16 heavy (non-hydrogen) atoms. The van der Waals surface area contributed by atoms with Gasteiger partial charge in [-0.1, -0.05) is 12.0 Å². The van der Waals surface area contributed by atoms with Crippen molar-refractivity contribution in [3.8, 4) is 0 Å². The molecule has 0 spiro atoms. The Morgan fingerprint density at radius 1 is 1.62 bits per heavy atom. The van der Waals surface area contributed by atoms with Crippen LogP contribution in [0.5, 0.6) is 0 Å². The van der Waals surface area contributed by atoms with Crippen LogP contribution in [0.1, 0.15) is 26.2 Å². The van der Waals surface area contributed by atoms with Crippen LogP contribution >= 0.6 is 0 Å². The average Bonchev–Trinajstić information content (AvgIpc) is 3.14. The summed E-state index contributed by atoms with van der Waals surface area (Å²) >= 11 is 0. The fraction of sp³-hybridized carbons (Fsp3) is 0.909. The second-order valence-corrected chi connectivity index (χ2v) is 5.25. The Kier molecular flexibility index (Phi) is 2.91. The Morgan fingerprint density at radius 3 is 2.81 bits per heavy atom. The van der Waals surface area contributed by atoms with Crippen molar-refractivity contribution >= 4 is 6.21 Å². The molecule has 0 aromatic carbocycles. The van der Waals surface area contributed by atoms with Crippen LogP contribution in [-0.4, -0.2) is 23.5 Å². The minimum atomic E-state index is -0.470. The third kappa shape index (κ3) is 2.06. The van der Waals surface area contributed by atoms with E-state index in [-0.39, 0.29) is 5.92 Å². The smallest absolute Gasteiger partial charge is 0.0683 e. The topological polar surface area (TPSA) is 92.8 Å². The third-order valence-corrected chi connectivity index (χ3v) is 4.00. The van der Waals surface area contributed by atoms with Gasteiger partial charge in [-0.15, -0.1) is 0 Å². The van der Waals surface area contributed by atoms with Crippen molar-refractivity contribution in [1.29, 1.82) is 5.41 Å². The monoisotopic (exact) mass is 222 g/mol. The summed E-state index contributed by atoms with van der Waals surface area (Å²) in [5, 5.41) is 20.9. The van der Waals surface area contributed by atoms with E-state index >= 15 is 0 Å². The molecule has 2 N–H and O–H groups in total. The van der Waals surface area contributed by atoms with Gasteiger partial charge in [0.2, 0.25) is 0 Å². The number of aliphatic hydroxyl groups is 1. The Balaban J connectivity index is 1.94. The van der Waals surface area contributed by atoms with Gasteiger partial charge in [0.15, 0.2) is 0 Å². The number of nitrogens with one attached hydrogen (secondary N) is 1. The molecule has 88 valence electrons. The van der Waals surface area contributed by atoms with Crippen molar-refractivity contribution in [1.82, 2.24) is 0 Å².